The number of nitrogens with one attached hydrogen (secondary N) is 1. The summed E-state index contributed by atoms with van der Waals surface area (Å²) in [6.07, 6.45) is 1.28. The quantitative estimate of drug-likeness (QED) is 0.738. The van der Waals surface area contributed by atoms with Gasteiger partial charge in [0.25, 0.3) is 5.91 Å². The lowest BCUT2D eigenvalue weighted by Gasteiger charge is -2.27. The van der Waals surface area contributed by atoms with Crippen LogP contribution in [0.25, 0.3) is 0 Å². The number of likely N-dealkylation sites (N-methyl/N-ethyl adjacent to an activating group) is 1. The Morgan fingerprint density at radius 3 is 2.73 bits per heavy atom. The lowest BCUT2D eigenvalue weighted by molar-refractivity contribution is 0.0308. The first-order valence-electron chi connectivity index (χ1n) is 4.81. The summed E-state index contributed by atoms with van der Waals surface area (Å²) in [5, 5.41) is 15.7. The van der Waals surface area contributed by atoms with Crippen molar-refractivity contribution in [2.75, 3.05) is 13.1 Å². The minimum Gasteiger partial charge on any atom is -0.389 e. The highest BCUT2D eigenvalue weighted by Crippen LogP contribution is 2.07. The average Bonchev–Trinajstić information content (AvgIpc) is 2.64. The maximum Gasteiger partial charge on any atom is 0.291 e. The van der Waals surface area contributed by atoms with Gasteiger partial charge in [-0.15, -0.1) is 0 Å². The molecule has 0 bridgehead atoms. The van der Waals surface area contributed by atoms with Gasteiger partial charge in [-0.1, -0.05) is 0 Å². The maximum atomic E-state index is 11.8. The fraction of sp³-hybridized carbons (Fsp3) is 0.667. The van der Waals surface area contributed by atoms with E-state index in [4.69, 9.17) is 0 Å². The summed E-state index contributed by atoms with van der Waals surface area (Å²) in [5.74, 6) is -0.0572. The molecule has 0 aliphatic carbocycles. The summed E-state index contributed by atoms with van der Waals surface area (Å²) in [5.41, 5.74) is -0.911. The number of hydrogen-bond donors (Lipinski definition) is 2. The van der Waals surface area contributed by atoms with Crippen LogP contribution >= 0.6 is 0 Å². The molecule has 0 aliphatic rings. The van der Waals surface area contributed by atoms with E-state index in [1.54, 1.807) is 13.8 Å². The zero-order valence-electron chi connectivity index (χ0n) is 9.19. The lowest BCUT2D eigenvalue weighted by atomic mass is 10.1. The fourth-order valence-electron chi connectivity index (χ4n) is 1.25. The summed E-state index contributed by atoms with van der Waals surface area (Å²) >= 11 is 0. The molecule has 0 aromatic carbocycles. The number of carbonyl (C=O) groups excluding carboxylic acids is 1. The third kappa shape index (κ3) is 3.32. The molecule has 2 N–H and O–H groups in total. The van der Waals surface area contributed by atoms with Gasteiger partial charge in [-0.2, -0.15) is 5.10 Å². The third-order valence-corrected chi connectivity index (χ3v) is 1.86. The molecule has 0 spiro atoms. The van der Waals surface area contributed by atoms with Gasteiger partial charge in [-0.05, 0) is 20.8 Å². The number of hydrogen-bond acceptors (Lipinski definition) is 4. The van der Waals surface area contributed by atoms with E-state index < -0.39 is 5.60 Å². The highest BCUT2D eigenvalue weighted by Gasteiger charge is 2.23. The molecule has 0 atom stereocenters. The van der Waals surface area contributed by atoms with Crippen LogP contribution in [-0.2, 0) is 0 Å². The van der Waals surface area contributed by atoms with Gasteiger partial charge in [0.05, 0.1) is 5.60 Å². The van der Waals surface area contributed by atoms with E-state index in [1.807, 2.05) is 6.92 Å². The predicted octanol–water partition coefficient (Wildman–Crippen LogP) is 0.0377. The summed E-state index contributed by atoms with van der Waals surface area (Å²) in [7, 11) is 0. The molecule has 0 unspecified atom stereocenters. The lowest BCUT2D eigenvalue weighted by Crippen LogP contribution is -2.42. The Bertz CT molecular complexity index is 315. The summed E-state index contributed by atoms with van der Waals surface area (Å²) < 4.78 is 0. The Kier molecular flexibility index (Phi) is 3.41. The Morgan fingerprint density at radius 2 is 2.33 bits per heavy atom. The molecule has 0 saturated carbocycles. The molecular formula is C9H16N4O2. The largest absolute Gasteiger partial charge is 0.389 e. The van der Waals surface area contributed by atoms with Crippen molar-refractivity contribution in [3.8, 4) is 0 Å². The molecule has 0 fully saturated rings. The van der Waals surface area contributed by atoms with E-state index in [-0.39, 0.29) is 18.3 Å². The SMILES string of the molecule is CCN(CC(C)(C)O)C(=O)c1ncn[nH]1. The molecule has 1 aromatic rings. The van der Waals surface area contributed by atoms with Crippen LogP contribution in [0.4, 0.5) is 0 Å². The zero-order valence-corrected chi connectivity index (χ0v) is 9.19. The number of nitrogens with zero attached hydrogens (tertiary/aromatic N) is 3. The second kappa shape index (κ2) is 4.39. The Labute approximate surface area is 88.3 Å². The van der Waals surface area contributed by atoms with Crippen molar-refractivity contribution in [2.45, 2.75) is 26.4 Å². The van der Waals surface area contributed by atoms with Crippen molar-refractivity contribution >= 4 is 5.91 Å². The van der Waals surface area contributed by atoms with Gasteiger partial charge in [0.1, 0.15) is 6.33 Å². The van der Waals surface area contributed by atoms with Crippen LogP contribution in [0.3, 0.4) is 0 Å². The minimum absolute atomic E-state index is 0.195. The number of carbonyl (C=O) groups is 1. The Hall–Kier alpha value is -1.43. The summed E-state index contributed by atoms with van der Waals surface area (Å²) in [6, 6.07) is 0. The molecule has 6 heteroatoms. The second-order valence-corrected chi connectivity index (χ2v) is 3.97. The highest BCUT2D eigenvalue weighted by atomic mass is 16.3. The minimum atomic E-state index is -0.911. The molecule has 0 radical (unpaired) electrons. The van der Waals surface area contributed by atoms with Crippen LogP contribution in [0.15, 0.2) is 6.33 Å². The van der Waals surface area contributed by atoms with Gasteiger partial charge in [0.15, 0.2) is 0 Å². The van der Waals surface area contributed by atoms with E-state index in [0.29, 0.717) is 6.54 Å². The van der Waals surface area contributed by atoms with Crippen LogP contribution in [0.2, 0.25) is 0 Å². The first-order valence-corrected chi connectivity index (χ1v) is 4.81. The van der Waals surface area contributed by atoms with E-state index in [2.05, 4.69) is 15.2 Å². The van der Waals surface area contributed by atoms with Crippen LogP contribution in [0, 0.1) is 0 Å². The van der Waals surface area contributed by atoms with Crippen molar-refractivity contribution in [1.29, 1.82) is 0 Å². The molecule has 84 valence electrons. The molecule has 1 aromatic heterocycles. The van der Waals surface area contributed by atoms with Crippen molar-refractivity contribution in [3.63, 3.8) is 0 Å². The van der Waals surface area contributed by atoms with Crippen molar-refractivity contribution in [2.24, 2.45) is 0 Å². The van der Waals surface area contributed by atoms with Crippen LogP contribution < -0.4 is 0 Å². The van der Waals surface area contributed by atoms with Gasteiger partial charge in [-0.25, -0.2) is 4.98 Å². The number of H-pyrrole nitrogens is 1. The Morgan fingerprint density at radius 1 is 1.67 bits per heavy atom. The van der Waals surface area contributed by atoms with Crippen molar-refractivity contribution in [1.82, 2.24) is 20.1 Å². The fourth-order valence-corrected chi connectivity index (χ4v) is 1.25. The summed E-state index contributed by atoms with van der Waals surface area (Å²) in [6.45, 7) is 5.94. The molecular weight excluding hydrogens is 196 g/mol. The summed E-state index contributed by atoms with van der Waals surface area (Å²) in [4.78, 5) is 17.1. The number of amides is 1. The van der Waals surface area contributed by atoms with E-state index in [1.165, 1.54) is 11.2 Å². The second-order valence-electron chi connectivity index (χ2n) is 3.97. The van der Waals surface area contributed by atoms with Gasteiger partial charge >= 0.3 is 0 Å². The van der Waals surface area contributed by atoms with Gasteiger partial charge in [0, 0.05) is 13.1 Å². The van der Waals surface area contributed by atoms with Crippen LogP contribution in [0.5, 0.6) is 0 Å². The number of aromatic nitrogens is 3. The standard InChI is InChI=1S/C9H16N4O2/c1-4-13(5-9(2,3)15)8(14)7-10-6-11-12-7/h6,15H,4-5H2,1-3H3,(H,10,11,12). The number of aliphatic hydroxyl groups is 1. The average molecular weight is 212 g/mol. The highest BCUT2D eigenvalue weighted by molar-refractivity contribution is 5.90. The monoisotopic (exact) mass is 212 g/mol. The first-order chi connectivity index (χ1) is 6.94. The normalized spacial score (nSPS) is 11.5. The smallest absolute Gasteiger partial charge is 0.291 e. The molecule has 1 heterocycles. The predicted molar refractivity (Wildman–Crippen MR) is 54.3 cm³/mol. The molecule has 0 aliphatic heterocycles. The van der Waals surface area contributed by atoms with Crippen molar-refractivity contribution in [3.05, 3.63) is 12.2 Å². The zero-order chi connectivity index (χ0) is 11.5. The maximum absolute atomic E-state index is 11.8. The molecule has 1 amide bonds. The van der Waals surface area contributed by atoms with Gasteiger partial charge < -0.3 is 10.0 Å². The molecule has 15 heavy (non-hydrogen) atoms. The van der Waals surface area contributed by atoms with Crippen LogP contribution in [0.1, 0.15) is 31.4 Å². The Balaban J connectivity index is 2.72. The van der Waals surface area contributed by atoms with E-state index >= 15 is 0 Å². The number of aromatic amines is 1. The molecule has 1 rings (SSSR count). The van der Waals surface area contributed by atoms with Crippen molar-refractivity contribution < 1.29 is 9.90 Å². The van der Waals surface area contributed by atoms with Crippen LogP contribution in [-0.4, -0.2) is 49.8 Å². The molecule has 6 nitrogen and oxygen atoms in total. The van der Waals surface area contributed by atoms with E-state index in [0.717, 1.165) is 0 Å². The number of rotatable bonds is 4. The third-order valence-electron chi connectivity index (χ3n) is 1.86. The molecule has 0 saturated heterocycles. The van der Waals surface area contributed by atoms with E-state index in [9.17, 15) is 9.90 Å². The van der Waals surface area contributed by atoms with Gasteiger partial charge in [-0.3, -0.25) is 9.89 Å². The topological polar surface area (TPSA) is 82.1 Å². The van der Waals surface area contributed by atoms with Gasteiger partial charge in [0.2, 0.25) is 5.82 Å². The first kappa shape index (κ1) is 11.6.